The van der Waals surface area contributed by atoms with Crippen molar-refractivity contribution in [2.45, 2.75) is 51.0 Å². The Morgan fingerprint density at radius 2 is 2.00 bits per heavy atom. The highest BCUT2D eigenvalue weighted by molar-refractivity contribution is 5.21. The number of nitrogens with zero attached hydrogens (tertiary/aromatic N) is 1. The number of likely N-dealkylation sites (tertiary alicyclic amines) is 1. The van der Waals surface area contributed by atoms with Crippen LogP contribution in [-0.2, 0) is 0 Å². The Morgan fingerprint density at radius 1 is 1.14 bits per heavy atom. The molecule has 116 valence electrons. The van der Waals surface area contributed by atoms with E-state index in [4.69, 9.17) is 0 Å². The largest absolute Gasteiger partial charge is 0.314 e. The maximum absolute atomic E-state index is 3.77. The molecular formula is C19H30N2. The van der Waals surface area contributed by atoms with Crippen molar-refractivity contribution in [1.82, 2.24) is 10.2 Å². The normalized spacial score (nSPS) is 30.0. The van der Waals surface area contributed by atoms with E-state index < -0.39 is 0 Å². The summed E-state index contributed by atoms with van der Waals surface area (Å²) >= 11 is 0. The van der Waals surface area contributed by atoms with Crippen LogP contribution in [0.5, 0.6) is 0 Å². The monoisotopic (exact) mass is 286 g/mol. The minimum absolute atomic E-state index is 0.759. The van der Waals surface area contributed by atoms with Gasteiger partial charge in [0.15, 0.2) is 0 Å². The maximum Gasteiger partial charge on any atom is 0.0107 e. The summed E-state index contributed by atoms with van der Waals surface area (Å²) in [6.07, 6.45) is 6.82. The molecule has 3 rings (SSSR count). The predicted octanol–water partition coefficient (Wildman–Crippen LogP) is 3.64. The van der Waals surface area contributed by atoms with Crippen molar-refractivity contribution in [2.75, 3.05) is 26.2 Å². The first-order chi connectivity index (χ1) is 10.4. The van der Waals surface area contributed by atoms with E-state index in [1.54, 1.807) is 0 Å². The minimum atomic E-state index is 0.759. The van der Waals surface area contributed by atoms with Crippen molar-refractivity contribution < 1.29 is 0 Å². The van der Waals surface area contributed by atoms with Gasteiger partial charge in [0, 0.05) is 19.1 Å². The summed E-state index contributed by atoms with van der Waals surface area (Å²) in [5, 5.41) is 3.77. The second-order valence-electron chi connectivity index (χ2n) is 6.91. The van der Waals surface area contributed by atoms with Crippen LogP contribution < -0.4 is 5.32 Å². The van der Waals surface area contributed by atoms with E-state index in [0.717, 1.165) is 17.9 Å². The van der Waals surface area contributed by atoms with Crippen molar-refractivity contribution in [3.8, 4) is 0 Å². The van der Waals surface area contributed by atoms with Crippen LogP contribution >= 0.6 is 0 Å². The molecule has 0 aromatic heterocycles. The van der Waals surface area contributed by atoms with Crippen LogP contribution in [0.2, 0.25) is 0 Å². The van der Waals surface area contributed by atoms with E-state index in [-0.39, 0.29) is 0 Å². The van der Waals surface area contributed by atoms with Crippen LogP contribution in [-0.4, -0.2) is 37.1 Å². The molecule has 0 amide bonds. The van der Waals surface area contributed by atoms with Crippen LogP contribution in [0.25, 0.3) is 0 Å². The SMILES string of the molecule is CCCNC1CCCC1CN1CCC(c2ccccc2)C1. The third-order valence-corrected chi connectivity index (χ3v) is 5.35. The summed E-state index contributed by atoms with van der Waals surface area (Å²) in [7, 11) is 0. The molecule has 2 aliphatic rings. The van der Waals surface area contributed by atoms with Crippen LogP contribution in [0.1, 0.15) is 50.5 Å². The van der Waals surface area contributed by atoms with Gasteiger partial charge in [-0.15, -0.1) is 0 Å². The van der Waals surface area contributed by atoms with Gasteiger partial charge in [-0.1, -0.05) is 43.7 Å². The average Bonchev–Trinajstić information content (AvgIpc) is 3.16. The number of hydrogen-bond donors (Lipinski definition) is 1. The van der Waals surface area contributed by atoms with Crippen molar-refractivity contribution in [2.24, 2.45) is 5.92 Å². The number of hydrogen-bond acceptors (Lipinski definition) is 2. The van der Waals surface area contributed by atoms with Gasteiger partial charge >= 0.3 is 0 Å². The molecule has 2 heteroatoms. The molecule has 1 aromatic carbocycles. The molecule has 0 spiro atoms. The molecule has 0 bridgehead atoms. The number of benzene rings is 1. The summed E-state index contributed by atoms with van der Waals surface area (Å²) in [5.74, 6) is 1.64. The Bertz CT molecular complexity index is 417. The Labute approximate surface area is 129 Å². The molecule has 1 N–H and O–H groups in total. The first-order valence-electron chi connectivity index (χ1n) is 8.87. The zero-order valence-corrected chi connectivity index (χ0v) is 13.4. The Balaban J connectivity index is 1.50. The van der Waals surface area contributed by atoms with Crippen LogP contribution in [0.3, 0.4) is 0 Å². The van der Waals surface area contributed by atoms with Gasteiger partial charge in [0.25, 0.3) is 0 Å². The zero-order chi connectivity index (χ0) is 14.5. The fraction of sp³-hybridized carbons (Fsp3) is 0.684. The van der Waals surface area contributed by atoms with Crippen molar-refractivity contribution >= 4 is 0 Å². The second-order valence-corrected chi connectivity index (χ2v) is 6.91. The topological polar surface area (TPSA) is 15.3 Å². The molecule has 2 nitrogen and oxygen atoms in total. The molecule has 1 saturated heterocycles. The van der Waals surface area contributed by atoms with Gasteiger partial charge in [0.05, 0.1) is 0 Å². The standard InChI is InChI=1S/C19H30N2/c1-2-12-20-19-10-6-9-18(19)15-21-13-11-17(14-21)16-7-4-3-5-8-16/h3-5,7-8,17-20H,2,6,9-15H2,1H3. The lowest BCUT2D eigenvalue weighted by Crippen LogP contribution is -2.39. The predicted molar refractivity (Wildman–Crippen MR) is 89.7 cm³/mol. The lowest BCUT2D eigenvalue weighted by atomic mass is 9.98. The molecule has 2 fully saturated rings. The second kappa shape index (κ2) is 7.42. The van der Waals surface area contributed by atoms with Crippen molar-refractivity contribution in [3.05, 3.63) is 35.9 Å². The summed E-state index contributed by atoms with van der Waals surface area (Å²) in [4.78, 5) is 2.72. The van der Waals surface area contributed by atoms with Gasteiger partial charge in [0.2, 0.25) is 0 Å². The Morgan fingerprint density at radius 3 is 2.81 bits per heavy atom. The molecule has 1 aliphatic carbocycles. The average molecular weight is 286 g/mol. The quantitative estimate of drug-likeness (QED) is 0.859. The fourth-order valence-electron chi connectivity index (χ4n) is 4.18. The first kappa shape index (κ1) is 15.1. The molecule has 3 unspecified atom stereocenters. The smallest absolute Gasteiger partial charge is 0.0107 e. The van der Waals surface area contributed by atoms with E-state index in [0.29, 0.717) is 0 Å². The third kappa shape index (κ3) is 3.87. The minimum Gasteiger partial charge on any atom is -0.314 e. The molecule has 3 atom stereocenters. The first-order valence-corrected chi connectivity index (χ1v) is 8.87. The highest BCUT2D eigenvalue weighted by Crippen LogP contribution is 2.31. The lowest BCUT2D eigenvalue weighted by Gasteiger charge is -2.26. The van der Waals surface area contributed by atoms with Gasteiger partial charge in [-0.25, -0.2) is 0 Å². The van der Waals surface area contributed by atoms with Crippen molar-refractivity contribution in [3.63, 3.8) is 0 Å². The highest BCUT2D eigenvalue weighted by atomic mass is 15.2. The summed E-state index contributed by atoms with van der Waals surface area (Å²) in [6.45, 7) is 7.32. The summed E-state index contributed by atoms with van der Waals surface area (Å²) < 4.78 is 0. The fourth-order valence-corrected chi connectivity index (χ4v) is 4.18. The van der Waals surface area contributed by atoms with Crippen LogP contribution in [0.4, 0.5) is 0 Å². The van der Waals surface area contributed by atoms with Crippen molar-refractivity contribution in [1.29, 1.82) is 0 Å². The maximum atomic E-state index is 3.77. The van der Waals surface area contributed by atoms with Crippen LogP contribution in [0, 0.1) is 5.92 Å². The zero-order valence-electron chi connectivity index (χ0n) is 13.4. The molecule has 1 heterocycles. The van der Waals surface area contributed by atoms with Gasteiger partial charge in [-0.2, -0.15) is 0 Å². The number of rotatable bonds is 6. The van der Waals surface area contributed by atoms with Gasteiger partial charge in [0.1, 0.15) is 0 Å². The van der Waals surface area contributed by atoms with Gasteiger partial charge < -0.3 is 10.2 Å². The highest BCUT2D eigenvalue weighted by Gasteiger charge is 2.31. The molecule has 21 heavy (non-hydrogen) atoms. The lowest BCUT2D eigenvalue weighted by molar-refractivity contribution is 0.249. The van der Waals surface area contributed by atoms with Gasteiger partial charge in [-0.3, -0.25) is 0 Å². The Hall–Kier alpha value is -0.860. The molecular weight excluding hydrogens is 256 g/mol. The van der Waals surface area contributed by atoms with E-state index in [1.807, 2.05) is 0 Å². The number of nitrogens with one attached hydrogen (secondary N) is 1. The third-order valence-electron chi connectivity index (χ3n) is 5.35. The van der Waals surface area contributed by atoms with Crippen LogP contribution in [0.15, 0.2) is 30.3 Å². The Kier molecular flexibility index (Phi) is 5.32. The van der Waals surface area contributed by atoms with E-state index in [1.165, 1.54) is 63.8 Å². The molecule has 1 aliphatic heterocycles. The molecule has 1 saturated carbocycles. The van der Waals surface area contributed by atoms with Gasteiger partial charge in [-0.05, 0) is 56.2 Å². The van der Waals surface area contributed by atoms with E-state index >= 15 is 0 Å². The summed E-state index contributed by atoms with van der Waals surface area (Å²) in [6, 6.07) is 11.9. The molecule has 0 radical (unpaired) electrons. The van der Waals surface area contributed by atoms with E-state index in [2.05, 4.69) is 47.5 Å². The summed E-state index contributed by atoms with van der Waals surface area (Å²) in [5.41, 5.74) is 1.53. The molecule has 1 aromatic rings. The van der Waals surface area contributed by atoms with E-state index in [9.17, 15) is 0 Å².